The van der Waals surface area contributed by atoms with Crippen LogP contribution >= 0.6 is 0 Å². The number of halogens is 3. The summed E-state index contributed by atoms with van der Waals surface area (Å²) in [7, 11) is 0. The van der Waals surface area contributed by atoms with Crippen molar-refractivity contribution in [2.75, 3.05) is 6.61 Å². The molecular weight excluding hydrogens is 239 g/mol. The van der Waals surface area contributed by atoms with E-state index >= 15 is 0 Å². The lowest BCUT2D eigenvalue weighted by Gasteiger charge is -2.13. The fourth-order valence-electron chi connectivity index (χ4n) is 1.17. The highest BCUT2D eigenvalue weighted by Gasteiger charge is 2.29. The van der Waals surface area contributed by atoms with Gasteiger partial charge in [0, 0.05) is 12.5 Å². The van der Waals surface area contributed by atoms with Gasteiger partial charge < -0.3 is 14.5 Å². The Morgan fingerprint density at radius 3 is 2.82 bits per heavy atom. The Hall–Kier alpha value is -1.66. The summed E-state index contributed by atoms with van der Waals surface area (Å²) in [6.07, 6.45) is -3.75. The molecule has 0 aliphatic rings. The van der Waals surface area contributed by atoms with E-state index in [1.807, 2.05) is 0 Å². The van der Waals surface area contributed by atoms with Crippen molar-refractivity contribution in [1.29, 1.82) is 0 Å². The molecule has 1 unspecified atom stereocenters. The summed E-state index contributed by atoms with van der Waals surface area (Å²) in [5, 5.41) is 2.27. The first-order chi connectivity index (χ1) is 7.87. The van der Waals surface area contributed by atoms with Crippen molar-refractivity contribution in [2.24, 2.45) is 0 Å². The van der Waals surface area contributed by atoms with Crippen LogP contribution in [0.3, 0.4) is 0 Å². The maximum absolute atomic E-state index is 11.7. The van der Waals surface area contributed by atoms with Crippen molar-refractivity contribution in [3.8, 4) is 0 Å². The van der Waals surface area contributed by atoms with Gasteiger partial charge in [-0.25, -0.2) is 4.79 Å². The molecular formula is C10H12F3NO3. The van der Waals surface area contributed by atoms with Crippen molar-refractivity contribution >= 4 is 6.09 Å². The van der Waals surface area contributed by atoms with E-state index in [9.17, 15) is 18.0 Å². The Morgan fingerprint density at radius 2 is 2.29 bits per heavy atom. The van der Waals surface area contributed by atoms with Gasteiger partial charge in [-0.15, -0.1) is 0 Å². The monoisotopic (exact) mass is 251 g/mol. The predicted octanol–water partition coefficient (Wildman–Crippen LogP) is 2.50. The molecule has 17 heavy (non-hydrogen) atoms. The molecule has 1 amide bonds. The zero-order chi connectivity index (χ0) is 12.9. The quantitative estimate of drug-likeness (QED) is 0.894. The number of carbonyl (C=O) groups excluding carboxylic acids is 1. The smallest absolute Gasteiger partial charge is 0.422 e. The Morgan fingerprint density at radius 1 is 1.59 bits per heavy atom. The maximum atomic E-state index is 11.7. The number of nitrogens with one attached hydrogen (secondary N) is 1. The van der Waals surface area contributed by atoms with Crippen molar-refractivity contribution in [3.05, 3.63) is 24.2 Å². The second kappa shape index (κ2) is 5.60. The molecule has 0 spiro atoms. The largest absolute Gasteiger partial charge is 0.469 e. The van der Waals surface area contributed by atoms with Crippen LogP contribution < -0.4 is 5.32 Å². The number of rotatable bonds is 4. The summed E-state index contributed by atoms with van der Waals surface area (Å²) in [6.45, 7) is 0.0453. The average molecular weight is 251 g/mol. The van der Waals surface area contributed by atoms with E-state index in [4.69, 9.17) is 4.42 Å². The first-order valence-corrected chi connectivity index (χ1v) is 4.89. The second-order valence-corrected chi connectivity index (χ2v) is 3.52. The van der Waals surface area contributed by atoms with Crippen molar-refractivity contribution < 1.29 is 27.1 Å². The van der Waals surface area contributed by atoms with Gasteiger partial charge in [0.05, 0.1) is 6.26 Å². The Bertz CT molecular complexity index is 348. The van der Waals surface area contributed by atoms with Crippen LogP contribution in [0.5, 0.6) is 0 Å². The molecule has 1 N–H and O–H groups in total. The van der Waals surface area contributed by atoms with Crippen LogP contribution in [-0.4, -0.2) is 24.9 Å². The number of ether oxygens (including phenoxy) is 1. The van der Waals surface area contributed by atoms with Crippen LogP contribution in [0.25, 0.3) is 0 Å². The van der Waals surface area contributed by atoms with Crippen LogP contribution in [-0.2, 0) is 11.2 Å². The first kappa shape index (κ1) is 13.4. The van der Waals surface area contributed by atoms with Crippen molar-refractivity contribution in [2.45, 2.75) is 25.6 Å². The van der Waals surface area contributed by atoms with E-state index in [0.29, 0.717) is 12.2 Å². The molecule has 0 saturated carbocycles. The molecule has 1 aromatic heterocycles. The summed E-state index contributed by atoms with van der Waals surface area (Å²) in [4.78, 5) is 11.0. The lowest BCUT2D eigenvalue weighted by Crippen LogP contribution is -2.36. The summed E-state index contributed by atoms with van der Waals surface area (Å²) in [5.74, 6) is 0.633. The van der Waals surface area contributed by atoms with Gasteiger partial charge in [0.15, 0.2) is 6.61 Å². The standard InChI is InChI=1S/C10H12F3NO3/c1-7(5-8-3-2-4-16-8)14-9(15)17-6-10(11,12)13/h2-4,7H,5-6H2,1H3,(H,14,15). The summed E-state index contributed by atoms with van der Waals surface area (Å²) >= 11 is 0. The van der Waals surface area contributed by atoms with E-state index in [1.54, 1.807) is 19.1 Å². The Balaban J connectivity index is 2.26. The minimum Gasteiger partial charge on any atom is -0.469 e. The molecule has 0 fully saturated rings. The van der Waals surface area contributed by atoms with E-state index in [2.05, 4.69) is 10.1 Å². The number of furan rings is 1. The third kappa shape index (κ3) is 5.84. The molecule has 4 nitrogen and oxygen atoms in total. The summed E-state index contributed by atoms with van der Waals surface area (Å²) in [5.41, 5.74) is 0. The summed E-state index contributed by atoms with van der Waals surface area (Å²) in [6, 6.07) is 3.02. The van der Waals surface area contributed by atoms with Crippen LogP contribution in [0.2, 0.25) is 0 Å². The Kier molecular flexibility index (Phi) is 4.42. The molecule has 1 atom stereocenters. The number of hydrogen-bond acceptors (Lipinski definition) is 3. The number of alkyl carbamates (subject to hydrolysis) is 1. The molecule has 1 rings (SSSR count). The van der Waals surface area contributed by atoms with E-state index in [-0.39, 0.29) is 6.04 Å². The molecule has 0 aliphatic heterocycles. The van der Waals surface area contributed by atoms with Gasteiger partial charge >= 0.3 is 12.3 Å². The van der Waals surface area contributed by atoms with E-state index < -0.39 is 18.9 Å². The molecule has 1 heterocycles. The first-order valence-electron chi connectivity index (χ1n) is 4.89. The molecule has 0 aliphatic carbocycles. The van der Waals surface area contributed by atoms with Crippen LogP contribution in [0.1, 0.15) is 12.7 Å². The molecule has 0 radical (unpaired) electrons. The van der Waals surface area contributed by atoms with Gasteiger partial charge in [-0.3, -0.25) is 0 Å². The predicted molar refractivity (Wildman–Crippen MR) is 52.4 cm³/mol. The van der Waals surface area contributed by atoms with Gasteiger partial charge in [0.25, 0.3) is 0 Å². The second-order valence-electron chi connectivity index (χ2n) is 3.52. The highest BCUT2D eigenvalue weighted by Crippen LogP contribution is 2.14. The third-order valence-corrected chi connectivity index (χ3v) is 1.82. The topological polar surface area (TPSA) is 51.5 Å². The lowest BCUT2D eigenvalue weighted by molar-refractivity contribution is -0.160. The third-order valence-electron chi connectivity index (χ3n) is 1.82. The van der Waals surface area contributed by atoms with Crippen LogP contribution in [0.4, 0.5) is 18.0 Å². The lowest BCUT2D eigenvalue weighted by atomic mass is 10.2. The number of carbonyl (C=O) groups is 1. The van der Waals surface area contributed by atoms with Gasteiger partial charge in [-0.1, -0.05) is 0 Å². The molecule has 96 valence electrons. The van der Waals surface area contributed by atoms with Gasteiger partial charge in [-0.05, 0) is 19.1 Å². The van der Waals surface area contributed by atoms with Crippen molar-refractivity contribution in [3.63, 3.8) is 0 Å². The Labute approximate surface area is 95.7 Å². The van der Waals surface area contributed by atoms with Crippen LogP contribution in [0, 0.1) is 0 Å². The van der Waals surface area contributed by atoms with E-state index in [1.165, 1.54) is 6.26 Å². The average Bonchev–Trinajstić information content (AvgIpc) is 2.66. The number of hydrogen-bond donors (Lipinski definition) is 1. The highest BCUT2D eigenvalue weighted by molar-refractivity contribution is 5.67. The van der Waals surface area contributed by atoms with Crippen molar-refractivity contribution in [1.82, 2.24) is 5.32 Å². The molecule has 0 saturated heterocycles. The molecule has 0 aromatic carbocycles. The molecule has 1 aromatic rings. The fourth-order valence-corrected chi connectivity index (χ4v) is 1.17. The van der Waals surface area contributed by atoms with E-state index in [0.717, 1.165) is 0 Å². The maximum Gasteiger partial charge on any atom is 0.422 e. The summed E-state index contributed by atoms with van der Waals surface area (Å²) < 4.78 is 44.2. The molecule has 0 bridgehead atoms. The number of amides is 1. The number of alkyl halides is 3. The van der Waals surface area contributed by atoms with Gasteiger partial charge in [-0.2, -0.15) is 13.2 Å². The zero-order valence-electron chi connectivity index (χ0n) is 9.08. The van der Waals surface area contributed by atoms with Crippen LogP contribution in [0.15, 0.2) is 22.8 Å². The molecule has 7 heteroatoms. The fraction of sp³-hybridized carbons (Fsp3) is 0.500. The minimum atomic E-state index is -4.51. The zero-order valence-corrected chi connectivity index (χ0v) is 9.08. The minimum absolute atomic E-state index is 0.373. The normalized spacial score (nSPS) is 13.2. The highest BCUT2D eigenvalue weighted by atomic mass is 19.4. The SMILES string of the molecule is CC(Cc1ccco1)NC(=O)OCC(F)(F)F. The van der Waals surface area contributed by atoms with Gasteiger partial charge in [0.2, 0.25) is 0 Å². The van der Waals surface area contributed by atoms with Gasteiger partial charge in [0.1, 0.15) is 5.76 Å².